The number of hydrogen-bond donors (Lipinski definition) is 1. The summed E-state index contributed by atoms with van der Waals surface area (Å²) in [6, 6.07) is 1.67. The molecule has 1 heterocycles. The monoisotopic (exact) mass is 223 g/mol. The van der Waals surface area contributed by atoms with Gasteiger partial charge in [0, 0.05) is 12.0 Å². The maximum absolute atomic E-state index is 5.70. The first-order valence-corrected chi connectivity index (χ1v) is 5.76. The van der Waals surface area contributed by atoms with Crippen LogP contribution in [-0.4, -0.2) is 16.6 Å². The molecule has 0 bridgehead atoms. The summed E-state index contributed by atoms with van der Waals surface area (Å²) in [7, 11) is 0. The lowest BCUT2D eigenvalue weighted by Gasteiger charge is -2.10. The van der Waals surface area contributed by atoms with E-state index < -0.39 is 0 Å². The van der Waals surface area contributed by atoms with Crippen molar-refractivity contribution in [2.45, 2.75) is 40.0 Å². The molecule has 0 aromatic carbocycles. The van der Waals surface area contributed by atoms with Crippen molar-refractivity contribution in [3.63, 3.8) is 0 Å². The Labute approximate surface area is 97.2 Å². The molecule has 1 rings (SSSR count). The molecule has 1 aromatic rings. The van der Waals surface area contributed by atoms with Crippen molar-refractivity contribution in [1.82, 2.24) is 9.97 Å². The number of nitrogens with zero attached hydrogens (tertiary/aromatic N) is 2. The van der Waals surface area contributed by atoms with Gasteiger partial charge in [0.1, 0.15) is 11.6 Å². The van der Waals surface area contributed by atoms with Gasteiger partial charge in [-0.2, -0.15) is 4.98 Å². The second-order valence-electron chi connectivity index (χ2n) is 4.67. The van der Waals surface area contributed by atoms with Gasteiger partial charge >= 0.3 is 0 Å². The summed E-state index contributed by atoms with van der Waals surface area (Å²) < 4.78 is 5.56. The molecule has 0 aliphatic heterocycles. The van der Waals surface area contributed by atoms with E-state index in [0.717, 1.165) is 12.2 Å². The average Bonchev–Trinajstić information content (AvgIpc) is 2.16. The van der Waals surface area contributed by atoms with E-state index in [1.54, 1.807) is 6.07 Å². The lowest BCUT2D eigenvalue weighted by molar-refractivity contribution is 0.278. The van der Waals surface area contributed by atoms with E-state index in [1.807, 2.05) is 13.8 Å². The predicted molar refractivity (Wildman–Crippen MR) is 65.5 cm³/mol. The van der Waals surface area contributed by atoms with Crippen molar-refractivity contribution >= 4 is 5.82 Å². The van der Waals surface area contributed by atoms with Crippen LogP contribution in [0.3, 0.4) is 0 Å². The number of nitrogen functional groups attached to an aromatic ring is 1. The zero-order valence-electron chi connectivity index (χ0n) is 10.5. The van der Waals surface area contributed by atoms with Crippen molar-refractivity contribution in [2.75, 3.05) is 12.3 Å². The highest BCUT2D eigenvalue weighted by atomic mass is 16.5. The molecule has 90 valence electrons. The fraction of sp³-hybridized carbons (Fsp3) is 0.667. The van der Waals surface area contributed by atoms with Crippen LogP contribution in [0.25, 0.3) is 0 Å². The molecule has 4 nitrogen and oxygen atoms in total. The molecule has 0 spiro atoms. The van der Waals surface area contributed by atoms with Crippen LogP contribution >= 0.6 is 0 Å². The molecule has 2 N–H and O–H groups in total. The minimum absolute atomic E-state index is 0.260. The Kier molecular flexibility index (Phi) is 4.52. The van der Waals surface area contributed by atoms with Crippen LogP contribution in [0, 0.1) is 5.92 Å². The molecular weight excluding hydrogens is 202 g/mol. The van der Waals surface area contributed by atoms with Crippen molar-refractivity contribution in [1.29, 1.82) is 0 Å². The van der Waals surface area contributed by atoms with E-state index in [-0.39, 0.29) is 5.92 Å². The standard InChI is InChI=1S/C12H21N3O/c1-8(2)5-6-16-11-7-10(13)14-12(15-11)9(3)4/h7-9H,5-6H2,1-4H3,(H2,13,14,15). The molecule has 0 saturated heterocycles. The van der Waals surface area contributed by atoms with E-state index in [2.05, 4.69) is 23.8 Å². The Morgan fingerprint density at radius 2 is 1.94 bits per heavy atom. The van der Waals surface area contributed by atoms with Gasteiger partial charge in [0.15, 0.2) is 0 Å². The Bertz CT molecular complexity index is 337. The molecule has 4 heteroatoms. The molecule has 0 radical (unpaired) electrons. The highest BCUT2D eigenvalue weighted by molar-refractivity contribution is 5.33. The lowest BCUT2D eigenvalue weighted by atomic mass is 10.1. The normalized spacial score (nSPS) is 11.1. The van der Waals surface area contributed by atoms with Crippen molar-refractivity contribution in [3.8, 4) is 5.88 Å². The number of rotatable bonds is 5. The summed E-state index contributed by atoms with van der Waals surface area (Å²) in [5.74, 6) is 2.68. The smallest absolute Gasteiger partial charge is 0.218 e. The molecule has 0 atom stereocenters. The van der Waals surface area contributed by atoms with Gasteiger partial charge in [0.05, 0.1) is 6.61 Å². The molecule has 16 heavy (non-hydrogen) atoms. The first-order valence-electron chi connectivity index (χ1n) is 5.76. The zero-order valence-corrected chi connectivity index (χ0v) is 10.5. The number of ether oxygens (including phenoxy) is 1. The van der Waals surface area contributed by atoms with Crippen molar-refractivity contribution < 1.29 is 4.74 Å². The molecular formula is C12H21N3O. The van der Waals surface area contributed by atoms with E-state index in [4.69, 9.17) is 10.5 Å². The van der Waals surface area contributed by atoms with Gasteiger partial charge in [-0.25, -0.2) is 4.98 Å². The van der Waals surface area contributed by atoms with Crippen molar-refractivity contribution in [2.24, 2.45) is 5.92 Å². The number of hydrogen-bond acceptors (Lipinski definition) is 4. The topological polar surface area (TPSA) is 61.0 Å². The quantitative estimate of drug-likeness (QED) is 0.833. The number of anilines is 1. The van der Waals surface area contributed by atoms with E-state index in [9.17, 15) is 0 Å². The second-order valence-corrected chi connectivity index (χ2v) is 4.67. The molecule has 0 fully saturated rings. The zero-order chi connectivity index (χ0) is 12.1. The maximum atomic E-state index is 5.70. The summed E-state index contributed by atoms with van der Waals surface area (Å²) in [5.41, 5.74) is 5.70. The molecule has 0 aliphatic carbocycles. The Hall–Kier alpha value is -1.32. The molecule has 0 aliphatic rings. The highest BCUT2D eigenvalue weighted by Crippen LogP contribution is 2.17. The third kappa shape index (κ3) is 4.04. The SMILES string of the molecule is CC(C)CCOc1cc(N)nc(C(C)C)n1. The van der Waals surface area contributed by atoms with Gasteiger partial charge in [-0.05, 0) is 12.3 Å². The minimum Gasteiger partial charge on any atom is -0.478 e. The van der Waals surface area contributed by atoms with Gasteiger partial charge in [-0.1, -0.05) is 27.7 Å². The predicted octanol–water partition coefficient (Wildman–Crippen LogP) is 2.61. The van der Waals surface area contributed by atoms with Gasteiger partial charge in [0.25, 0.3) is 0 Å². The number of aromatic nitrogens is 2. The van der Waals surface area contributed by atoms with Crippen molar-refractivity contribution in [3.05, 3.63) is 11.9 Å². The Morgan fingerprint density at radius 3 is 2.50 bits per heavy atom. The van der Waals surface area contributed by atoms with Crippen LogP contribution in [0.15, 0.2) is 6.07 Å². The van der Waals surface area contributed by atoms with Crippen LogP contribution in [0.1, 0.15) is 45.9 Å². The number of nitrogens with two attached hydrogens (primary N) is 1. The molecule has 0 amide bonds. The van der Waals surface area contributed by atoms with Gasteiger partial charge in [0.2, 0.25) is 5.88 Å². The van der Waals surface area contributed by atoms with Crippen LogP contribution in [0.4, 0.5) is 5.82 Å². The average molecular weight is 223 g/mol. The summed E-state index contributed by atoms with van der Waals surface area (Å²) in [4.78, 5) is 8.48. The largest absolute Gasteiger partial charge is 0.478 e. The first kappa shape index (κ1) is 12.7. The fourth-order valence-corrected chi connectivity index (χ4v) is 1.19. The third-order valence-corrected chi connectivity index (χ3v) is 2.20. The van der Waals surface area contributed by atoms with Crippen LogP contribution in [0.5, 0.6) is 5.88 Å². The van der Waals surface area contributed by atoms with Gasteiger partial charge in [-0.15, -0.1) is 0 Å². The summed E-state index contributed by atoms with van der Waals surface area (Å²) in [5, 5.41) is 0. The molecule has 1 aromatic heterocycles. The summed E-state index contributed by atoms with van der Waals surface area (Å²) in [6.07, 6.45) is 1.01. The lowest BCUT2D eigenvalue weighted by Crippen LogP contribution is -2.07. The Morgan fingerprint density at radius 1 is 1.25 bits per heavy atom. The summed E-state index contributed by atoms with van der Waals surface area (Å²) >= 11 is 0. The second kappa shape index (κ2) is 5.68. The Balaban J connectivity index is 2.65. The van der Waals surface area contributed by atoms with E-state index in [0.29, 0.717) is 24.2 Å². The maximum Gasteiger partial charge on any atom is 0.218 e. The fourth-order valence-electron chi connectivity index (χ4n) is 1.19. The van der Waals surface area contributed by atoms with Crippen LogP contribution in [0.2, 0.25) is 0 Å². The minimum atomic E-state index is 0.260. The van der Waals surface area contributed by atoms with Crippen LogP contribution in [-0.2, 0) is 0 Å². The van der Waals surface area contributed by atoms with E-state index in [1.165, 1.54) is 0 Å². The van der Waals surface area contributed by atoms with E-state index >= 15 is 0 Å². The first-order chi connectivity index (χ1) is 7.49. The third-order valence-electron chi connectivity index (χ3n) is 2.20. The van der Waals surface area contributed by atoms with Gasteiger partial charge in [-0.3, -0.25) is 0 Å². The summed E-state index contributed by atoms with van der Waals surface area (Å²) in [6.45, 7) is 9.07. The highest BCUT2D eigenvalue weighted by Gasteiger charge is 2.07. The van der Waals surface area contributed by atoms with Gasteiger partial charge < -0.3 is 10.5 Å². The molecule has 0 saturated carbocycles. The van der Waals surface area contributed by atoms with Crippen LogP contribution < -0.4 is 10.5 Å². The molecule has 0 unspecified atom stereocenters.